The first kappa shape index (κ1) is 9.34. The third-order valence-corrected chi connectivity index (χ3v) is 3.60. The quantitative estimate of drug-likeness (QED) is 0.547. The average molecular weight is 200 g/mol. The highest BCUT2D eigenvalue weighted by Gasteiger charge is 2.15. The van der Waals surface area contributed by atoms with Gasteiger partial charge in [0.1, 0.15) is 0 Å². The topological polar surface area (TPSA) is 33.6 Å². The van der Waals surface area contributed by atoms with Crippen molar-refractivity contribution in [1.29, 1.82) is 0 Å². The van der Waals surface area contributed by atoms with Crippen LogP contribution in [0.25, 0.3) is 0 Å². The van der Waals surface area contributed by atoms with Crippen LogP contribution in [0, 0.1) is 5.92 Å². The first-order valence-electron chi connectivity index (χ1n) is 4.89. The van der Waals surface area contributed by atoms with Crippen LogP contribution in [0.3, 0.4) is 0 Å². The van der Waals surface area contributed by atoms with E-state index in [0.717, 1.165) is 19.6 Å². The molecule has 2 unspecified atom stereocenters. The van der Waals surface area contributed by atoms with Crippen LogP contribution in [0.5, 0.6) is 0 Å². The Kier molecular flexibility index (Phi) is 3.49. The lowest BCUT2D eigenvalue weighted by Crippen LogP contribution is -2.24. The zero-order valence-electron chi connectivity index (χ0n) is 7.74. The van der Waals surface area contributed by atoms with Crippen molar-refractivity contribution in [2.75, 3.05) is 24.7 Å². The Hall–Kier alpha value is -0.220. The summed E-state index contributed by atoms with van der Waals surface area (Å²) in [5.41, 5.74) is 3.20. The summed E-state index contributed by atoms with van der Waals surface area (Å²) in [4.78, 5) is 0. The smallest absolute Gasteiger partial charge is 0.0545 e. The molecule has 2 aliphatic rings. The molecular weight excluding hydrogens is 184 g/mol. The second-order valence-electron chi connectivity index (χ2n) is 3.59. The Morgan fingerprint density at radius 3 is 3.15 bits per heavy atom. The molecule has 0 saturated carbocycles. The van der Waals surface area contributed by atoms with Gasteiger partial charge in [-0.3, -0.25) is 0 Å². The molecule has 4 heteroatoms. The van der Waals surface area contributed by atoms with Gasteiger partial charge in [0.05, 0.1) is 12.6 Å². The van der Waals surface area contributed by atoms with E-state index in [1.807, 2.05) is 18.0 Å². The predicted octanol–water partition coefficient (Wildman–Crippen LogP) is 1.10. The van der Waals surface area contributed by atoms with Gasteiger partial charge in [0.2, 0.25) is 0 Å². The molecule has 0 aromatic heterocycles. The lowest BCUT2D eigenvalue weighted by Gasteiger charge is -2.07. The van der Waals surface area contributed by atoms with Crippen LogP contribution in [0.15, 0.2) is 5.10 Å². The number of hydrogen-bond donors (Lipinski definition) is 1. The number of rotatable bonds is 3. The SMILES string of the molecule is C(=N\NC1CCSC1)/C1CCOC1. The van der Waals surface area contributed by atoms with E-state index >= 15 is 0 Å². The molecule has 2 fully saturated rings. The molecule has 0 aromatic carbocycles. The van der Waals surface area contributed by atoms with E-state index < -0.39 is 0 Å². The summed E-state index contributed by atoms with van der Waals surface area (Å²) in [5, 5.41) is 4.27. The van der Waals surface area contributed by atoms with E-state index in [0.29, 0.717) is 12.0 Å². The number of hydrazone groups is 1. The normalized spacial score (nSPS) is 34.5. The molecule has 0 spiro atoms. The summed E-state index contributed by atoms with van der Waals surface area (Å²) in [6.07, 6.45) is 4.39. The Bertz CT molecular complexity index is 174. The number of hydrogen-bond acceptors (Lipinski definition) is 4. The molecule has 0 bridgehead atoms. The van der Waals surface area contributed by atoms with Crippen molar-refractivity contribution < 1.29 is 4.74 Å². The van der Waals surface area contributed by atoms with Gasteiger partial charge in [0, 0.05) is 24.5 Å². The monoisotopic (exact) mass is 200 g/mol. The maximum Gasteiger partial charge on any atom is 0.0545 e. The Morgan fingerprint density at radius 2 is 2.46 bits per heavy atom. The van der Waals surface area contributed by atoms with Crippen molar-refractivity contribution in [2.45, 2.75) is 18.9 Å². The highest BCUT2D eigenvalue weighted by molar-refractivity contribution is 7.99. The fourth-order valence-electron chi connectivity index (χ4n) is 1.56. The van der Waals surface area contributed by atoms with E-state index in [4.69, 9.17) is 4.74 Å². The lowest BCUT2D eigenvalue weighted by molar-refractivity contribution is 0.193. The minimum atomic E-state index is 0.543. The first-order valence-corrected chi connectivity index (χ1v) is 6.05. The summed E-state index contributed by atoms with van der Waals surface area (Å²) in [6, 6.07) is 0.601. The molecule has 2 saturated heterocycles. The van der Waals surface area contributed by atoms with Gasteiger partial charge in [0.25, 0.3) is 0 Å². The molecule has 0 radical (unpaired) electrons. The van der Waals surface area contributed by atoms with Crippen molar-refractivity contribution >= 4 is 18.0 Å². The van der Waals surface area contributed by atoms with Crippen molar-refractivity contribution in [1.82, 2.24) is 5.43 Å². The minimum absolute atomic E-state index is 0.543. The Labute approximate surface area is 83.3 Å². The summed E-state index contributed by atoms with van der Waals surface area (Å²) in [7, 11) is 0. The predicted molar refractivity (Wildman–Crippen MR) is 56.3 cm³/mol. The number of nitrogens with one attached hydrogen (secondary N) is 1. The summed E-state index contributed by atoms with van der Waals surface area (Å²) in [5.74, 6) is 3.03. The molecule has 74 valence electrons. The zero-order chi connectivity index (χ0) is 8.93. The van der Waals surface area contributed by atoms with Gasteiger partial charge in [-0.05, 0) is 18.6 Å². The van der Waals surface area contributed by atoms with Crippen molar-refractivity contribution in [3.63, 3.8) is 0 Å². The molecule has 0 amide bonds. The molecule has 2 atom stereocenters. The van der Waals surface area contributed by atoms with E-state index in [1.165, 1.54) is 17.9 Å². The molecule has 1 N–H and O–H groups in total. The molecule has 2 aliphatic heterocycles. The van der Waals surface area contributed by atoms with Crippen LogP contribution in [-0.4, -0.2) is 37.0 Å². The largest absolute Gasteiger partial charge is 0.381 e. The molecule has 0 aliphatic carbocycles. The van der Waals surface area contributed by atoms with Gasteiger partial charge >= 0.3 is 0 Å². The van der Waals surface area contributed by atoms with Crippen LogP contribution in [0.1, 0.15) is 12.8 Å². The van der Waals surface area contributed by atoms with Gasteiger partial charge < -0.3 is 10.2 Å². The number of nitrogens with zero attached hydrogens (tertiary/aromatic N) is 1. The summed E-state index contributed by atoms with van der Waals surface area (Å²) >= 11 is 2.00. The second kappa shape index (κ2) is 4.86. The van der Waals surface area contributed by atoms with E-state index in [-0.39, 0.29) is 0 Å². The van der Waals surface area contributed by atoms with Crippen LogP contribution in [0.2, 0.25) is 0 Å². The van der Waals surface area contributed by atoms with Gasteiger partial charge in [-0.15, -0.1) is 0 Å². The van der Waals surface area contributed by atoms with Crippen molar-refractivity contribution in [2.24, 2.45) is 11.0 Å². The minimum Gasteiger partial charge on any atom is -0.381 e. The Morgan fingerprint density at radius 1 is 1.46 bits per heavy atom. The zero-order valence-corrected chi connectivity index (χ0v) is 8.55. The van der Waals surface area contributed by atoms with Crippen molar-refractivity contribution in [3.8, 4) is 0 Å². The van der Waals surface area contributed by atoms with Gasteiger partial charge in [0.15, 0.2) is 0 Å². The van der Waals surface area contributed by atoms with Crippen LogP contribution in [0.4, 0.5) is 0 Å². The number of thioether (sulfide) groups is 1. The fourth-order valence-corrected chi connectivity index (χ4v) is 2.70. The van der Waals surface area contributed by atoms with E-state index in [2.05, 4.69) is 10.5 Å². The second-order valence-corrected chi connectivity index (χ2v) is 4.74. The molecule has 3 nitrogen and oxygen atoms in total. The van der Waals surface area contributed by atoms with E-state index in [1.54, 1.807) is 0 Å². The first-order chi connectivity index (χ1) is 6.45. The van der Waals surface area contributed by atoms with E-state index in [9.17, 15) is 0 Å². The number of ether oxygens (including phenoxy) is 1. The maximum atomic E-state index is 5.26. The third kappa shape index (κ3) is 2.88. The Balaban J connectivity index is 1.65. The van der Waals surface area contributed by atoms with Crippen LogP contribution in [-0.2, 0) is 4.74 Å². The average Bonchev–Trinajstić information content (AvgIpc) is 2.75. The van der Waals surface area contributed by atoms with Gasteiger partial charge in [-0.25, -0.2) is 0 Å². The summed E-state index contributed by atoms with van der Waals surface area (Å²) < 4.78 is 5.26. The highest BCUT2D eigenvalue weighted by Crippen LogP contribution is 2.17. The molecular formula is C9H16N2OS. The van der Waals surface area contributed by atoms with Crippen LogP contribution < -0.4 is 5.43 Å². The van der Waals surface area contributed by atoms with Crippen LogP contribution >= 0.6 is 11.8 Å². The van der Waals surface area contributed by atoms with Gasteiger partial charge in [-0.1, -0.05) is 0 Å². The molecule has 13 heavy (non-hydrogen) atoms. The van der Waals surface area contributed by atoms with Crippen molar-refractivity contribution in [3.05, 3.63) is 0 Å². The highest BCUT2D eigenvalue weighted by atomic mass is 32.2. The fraction of sp³-hybridized carbons (Fsp3) is 0.889. The van der Waals surface area contributed by atoms with Gasteiger partial charge in [-0.2, -0.15) is 16.9 Å². The third-order valence-electron chi connectivity index (χ3n) is 2.44. The molecule has 2 heterocycles. The summed E-state index contributed by atoms with van der Waals surface area (Å²) in [6.45, 7) is 1.75. The molecule has 2 rings (SSSR count). The molecule has 0 aromatic rings. The standard InChI is InChI=1S/C9H16N2OS/c1-3-12-6-8(1)5-10-11-9-2-4-13-7-9/h5,8-9,11H,1-4,6-7H2/b10-5+. The lowest BCUT2D eigenvalue weighted by atomic mass is 10.1. The maximum absolute atomic E-state index is 5.26.